The van der Waals surface area contributed by atoms with Crippen molar-refractivity contribution in [2.45, 2.75) is 38.3 Å². The minimum absolute atomic E-state index is 0.168. The van der Waals surface area contributed by atoms with Crippen molar-refractivity contribution in [2.24, 2.45) is 0 Å². The van der Waals surface area contributed by atoms with Crippen molar-refractivity contribution in [1.82, 2.24) is 10.2 Å². The summed E-state index contributed by atoms with van der Waals surface area (Å²) in [5, 5.41) is 3.47. The van der Waals surface area contributed by atoms with Crippen LogP contribution in [0, 0.1) is 0 Å². The van der Waals surface area contributed by atoms with E-state index >= 15 is 0 Å². The predicted molar refractivity (Wildman–Crippen MR) is 74.4 cm³/mol. The first-order valence-electron chi connectivity index (χ1n) is 7.44. The molecule has 0 bridgehead atoms. The maximum absolute atomic E-state index is 12.4. The van der Waals surface area contributed by atoms with Crippen molar-refractivity contribution >= 4 is 5.91 Å². The summed E-state index contributed by atoms with van der Waals surface area (Å²) in [5.41, 5.74) is 1.22. The summed E-state index contributed by atoms with van der Waals surface area (Å²) in [5.74, 6) is 1.24. The lowest BCUT2D eigenvalue weighted by molar-refractivity contribution is -0.137. The van der Waals surface area contributed by atoms with Gasteiger partial charge in [-0.25, -0.2) is 0 Å². The van der Waals surface area contributed by atoms with Crippen LogP contribution in [0.3, 0.4) is 0 Å². The number of fused-ring (bicyclic) bond motifs is 1. The average Bonchev–Trinajstić information content (AvgIpc) is 2.97. The van der Waals surface area contributed by atoms with Crippen LogP contribution in [0.25, 0.3) is 0 Å². The molecule has 3 rings (SSSR count). The minimum atomic E-state index is -0.168. The van der Waals surface area contributed by atoms with Gasteiger partial charge in [0.15, 0.2) is 0 Å². The van der Waals surface area contributed by atoms with Crippen LogP contribution in [-0.2, 0) is 16.0 Å². The number of hydrogen-bond acceptors (Lipinski definition) is 4. The largest absolute Gasteiger partial charge is 0.469 e. The van der Waals surface area contributed by atoms with Gasteiger partial charge in [0.05, 0.1) is 25.5 Å². The van der Waals surface area contributed by atoms with Crippen LogP contribution in [0.15, 0.2) is 16.7 Å². The van der Waals surface area contributed by atoms with Crippen molar-refractivity contribution in [3.63, 3.8) is 0 Å². The Morgan fingerprint density at radius 2 is 2.25 bits per heavy atom. The number of furan rings is 1. The summed E-state index contributed by atoms with van der Waals surface area (Å²) < 4.78 is 10.8. The van der Waals surface area contributed by atoms with E-state index in [0.29, 0.717) is 26.3 Å². The maximum atomic E-state index is 12.4. The number of hydrogen-bond donors (Lipinski definition) is 1. The lowest BCUT2D eigenvalue weighted by Crippen LogP contribution is -2.50. The minimum Gasteiger partial charge on any atom is -0.469 e. The van der Waals surface area contributed by atoms with Crippen LogP contribution in [0.4, 0.5) is 0 Å². The van der Waals surface area contributed by atoms with Crippen LogP contribution >= 0.6 is 0 Å². The molecule has 5 nitrogen and oxygen atoms in total. The first-order chi connectivity index (χ1) is 9.75. The van der Waals surface area contributed by atoms with Gasteiger partial charge in [-0.1, -0.05) is 0 Å². The van der Waals surface area contributed by atoms with Crippen LogP contribution in [0.2, 0.25) is 0 Å². The third-order valence-corrected chi connectivity index (χ3v) is 4.20. The third-order valence-electron chi connectivity index (χ3n) is 4.20. The van der Waals surface area contributed by atoms with Gasteiger partial charge in [-0.3, -0.25) is 10.1 Å². The van der Waals surface area contributed by atoms with Gasteiger partial charge in [-0.2, -0.15) is 0 Å². The monoisotopic (exact) mass is 278 g/mol. The molecule has 0 radical (unpaired) electrons. The summed E-state index contributed by atoms with van der Waals surface area (Å²) in [6.07, 6.45) is 4.93. The molecule has 0 aromatic carbocycles. The highest BCUT2D eigenvalue weighted by molar-refractivity contribution is 5.81. The number of morpholine rings is 1. The van der Waals surface area contributed by atoms with Gasteiger partial charge >= 0.3 is 0 Å². The third kappa shape index (κ3) is 2.74. The fourth-order valence-electron chi connectivity index (χ4n) is 3.09. The van der Waals surface area contributed by atoms with Gasteiger partial charge in [0.1, 0.15) is 5.76 Å². The van der Waals surface area contributed by atoms with Crippen molar-refractivity contribution in [3.8, 4) is 0 Å². The van der Waals surface area contributed by atoms with E-state index in [4.69, 9.17) is 9.15 Å². The molecule has 1 saturated heterocycles. The summed E-state index contributed by atoms with van der Waals surface area (Å²) in [4.78, 5) is 14.3. The van der Waals surface area contributed by atoms with Crippen molar-refractivity contribution in [2.75, 3.05) is 26.3 Å². The molecular formula is C15H22N2O3. The van der Waals surface area contributed by atoms with E-state index in [2.05, 4.69) is 5.32 Å². The molecule has 2 heterocycles. The Hall–Kier alpha value is -1.33. The number of nitrogens with one attached hydrogen (secondary N) is 1. The molecule has 2 unspecified atom stereocenters. The number of nitrogens with zero attached hydrogens (tertiary/aromatic N) is 1. The molecule has 1 N–H and O–H groups in total. The van der Waals surface area contributed by atoms with Crippen molar-refractivity contribution < 1.29 is 13.9 Å². The van der Waals surface area contributed by atoms with Gasteiger partial charge in [-0.15, -0.1) is 0 Å². The van der Waals surface area contributed by atoms with Crippen molar-refractivity contribution in [3.05, 3.63) is 23.7 Å². The van der Waals surface area contributed by atoms with Gasteiger partial charge in [0.25, 0.3) is 0 Å². The van der Waals surface area contributed by atoms with Gasteiger partial charge in [0, 0.05) is 31.1 Å². The second-order valence-electron chi connectivity index (χ2n) is 5.57. The van der Waals surface area contributed by atoms with Crippen LogP contribution in [-0.4, -0.2) is 43.2 Å². The zero-order chi connectivity index (χ0) is 13.9. The summed E-state index contributed by atoms with van der Waals surface area (Å²) in [6.45, 7) is 4.65. The number of rotatable bonds is 3. The SMILES string of the molecule is CC(NC1CCCc2occc21)C(=O)N1CCOCC1. The van der Waals surface area contributed by atoms with E-state index in [0.717, 1.165) is 25.0 Å². The molecule has 1 amide bonds. The number of carbonyl (C=O) groups excluding carboxylic acids is 1. The van der Waals surface area contributed by atoms with E-state index in [-0.39, 0.29) is 18.0 Å². The van der Waals surface area contributed by atoms with Crippen LogP contribution in [0.5, 0.6) is 0 Å². The topological polar surface area (TPSA) is 54.7 Å². The lowest BCUT2D eigenvalue weighted by atomic mass is 9.93. The zero-order valence-corrected chi connectivity index (χ0v) is 11.9. The molecule has 1 aliphatic carbocycles. The van der Waals surface area contributed by atoms with Gasteiger partial charge in [-0.05, 0) is 25.8 Å². The number of aryl methyl sites for hydroxylation is 1. The fraction of sp³-hybridized carbons (Fsp3) is 0.667. The Kier molecular flexibility index (Phi) is 4.08. The molecule has 1 aliphatic heterocycles. The molecule has 2 aliphatic rings. The van der Waals surface area contributed by atoms with E-state index in [1.165, 1.54) is 5.56 Å². The predicted octanol–water partition coefficient (Wildman–Crippen LogP) is 1.49. The highest BCUT2D eigenvalue weighted by Gasteiger charge is 2.28. The molecule has 1 fully saturated rings. The molecule has 5 heteroatoms. The Balaban J connectivity index is 1.62. The summed E-state index contributed by atoms with van der Waals surface area (Å²) in [6, 6.07) is 2.09. The Morgan fingerprint density at radius 1 is 1.45 bits per heavy atom. The molecule has 2 atom stereocenters. The van der Waals surface area contributed by atoms with E-state index in [1.54, 1.807) is 6.26 Å². The highest BCUT2D eigenvalue weighted by Crippen LogP contribution is 2.30. The normalized spacial score (nSPS) is 24.2. The Morgan fingerprint density at radius 3 is 3.05 bits per heavy atom. The van der Waals surface area contributed by atoms with Crippen LogP contribution < -0.4 is 5.32 Å². The van der Waals surface area contributed by atoms with E-state index in [9.17, 15) is 4.79 Å². The number of amides is 1. The van der Waals surface area contributed by atoms with Gasteiger partial charge < -0.3 is 14.1 Å². The fourth-order valence-corrected chi connectivity index (χ4v) is 3.09. The highest BCUT2D eigenvalue weighted by atomic mass is 16.5. The second-order valence-corrected chi connectivity index (χ2v) is 5.57. The molecule has 1 aromatic rings. The first kappa shape index (κ1) is 13.6. The second kappa shape index (κ2) is 5.97. The number of ether oxygens (including phenoxy) is 1. The Labute approximate surface area is 119 Å². The average molecular weight is 278 g/mol. The maximum Gasteiger partial charge on any atom is 0.239 e. The first-order valence-corrected chi connectivity index (χ1v) is 7.44. The molecular weight excluding hydrogens is 256 g/mol. The van der Waals surface area contributed by atoms with Crippen LogP contribution in [0.1, 0.15) is 37.1 Å². The Bertz CT molecular complexity index is 465. The van der Waals surface area contributed by atoms with E-state index in [1.807, 2.05) is 17.9 Å². The van der Waals surface area contributed by atoms with Gasteiger partial charge in [0.2, 0.25) is 5.91 Å². The number of carbonyl (C=O) groups is 1. The lowest BCUT2D eigenvalue weighted by Gasteiger charge is -2.32. The zero-order valence-electron chi connectivity index (χ0n) is 11.9. The smallest absolute Gasteiger partial charge is 0.239 e. The molecule has 0 saturated carbocycles. The quantitative estimate of drug-likeness (QED) is 0.910. The molecule has 20 heavy (non-hydrogen) atoms. The van der Waals surface area contributed by atoms with E-state index < -0.39 is 0 Å². The van der Waals surface area contributed by atoms with Crippen molar-refractivity contribution in [1.29, 1.82) is 0 Å². The molecule has 110 valence electrons. The summed E-state index contributed by atoms with van der Waals surface area (Å²) >= 11 is 0. The standard InChI is InChI=1S/C15H22N2O3/c1-11(15(18)17-6-9-19-10-7-17)16-13-3-2-4-14-12(13)5-8-20-14/h5,8,11,13,16H,2-4,6-7,9-10H2,1H3. The summed E-state index contributed by atoms with van der Waals surface area (Å²) in [7, 11) is 0. The molecule has 0 spiro atoms. The molecule has 1 aromatic heterocycles.